The highest BCUT2D eigenvalue weighted by Gasteiger charge is 2.24. The maximum absolute atomic E-state index is 2.68. The molecule has 0 N–H and O–H groups in total. The van der Waals surface area contributed by atoms with E-state index in [0.717, 1.165) is 0 Å². The molecule has 0 saturated carbocycles. The summed E-state index contributed by atoms with van der Waals surface area (Å²) in [4.78, 5) is 0. The van der Waals surface area contributed by atoms with Crippen LogP contribution in [0.3, 0.4) is 0 Å². The Kier molecular flexibility index (Phi) is 9.52. The molecule has 0 aromatic heterocycles. The number of rotatable bonds is 12. The number of hydrogen-bond acceptors (Lipinski definition) is 0. The van der Waals surface area contributed by atoms with Crippen LogP contribution in [0.5, 0.6) is 0 Å². The smallest absolute Gasteiger partial charge is 0.0163 e. The van der Waals surface area contributed by atoms with E-state index in [-0.39, 0.29) is 0 Å². The predicted molar refractivity (Wildman–Crippen MR) is 138 cm³/mol. The van der Waals surface area contributed by atoms with Gasteiger partial charge in [-0.1, -0.05) is 149 Å². The zero-order valence-corrected chi connectivity index (χ0v) is 19.4. The summed E-state index contributed by atoms with van der Waals surface area (Å²) in [5, 5.41) is 4.38. The van der Waals surface area contributed by atoms with E-state index < -0.39 is 6.89 Å². The first-order valence-corrected chi connectivity index (χ1v) is 13.6. The first-order chi connectivity index (χ1) is 14.9. The number of unbranched alkanes of at least 4 members (excludes halogenated alkanes) is 8. The van der Waals surface area contributed by atoms with Crippen LogP contribution >= 0.6 is 6.89 Å². The minimum atomic E-state index is -1.75. The second kappa shape index (κ2) is 12.6. The van der Waals surface area contributed by atoms with Crippen LogP contribution in [0.15, 0.2) is 91.0 Å². The fourth-order valence-corrected chi connectivity index (χ4v) is 8.34. The molecule has 0 aliphatic carbocycles. The van der Waals surface area contributed by atoms with Gasteiger partial charge in [0, 0.05) is 0 Å². The van der Waals surface area contributed by atoms with Crippen LogP contribution in [-0.4, -0.2) is 5.80 Å². The average molecular weight is 417 g/mol. The molecule has 0 aliphatic heterocycles. The summed E-state index contributed by atoms with van der Waals surface area (Å²) < 4.78 is 0. The van der Waals surface area contributed by atoms with Crippen molar-refractivity contribution in [1.29, 1.82) is 0 Å². The number of hydrogen-bond donors (Lipinski definition) is 0. The molecule has 0 aliphatic rings. The lowest BCUT2D eigenvalue weighted by Crippen LogP contribution is -2.26. The monoisotopic (exact) mass is 416 g/mol. The van der Waals surface area contributed by atoms with Gasteiger partial charge in [0.15, 0.2) is 0 Å². The lowest BCUT2D eigenvalue weighted by Gasteiger charge is -2.29. The van der Waals surface area contributed by atoms with E-state index in [0.29, 0.717) is 0 Å². The molecule has 0 nitrogen and oxygen atoms in total. The third-order valence-electron chi connectivity index (χ3n) is 5.95. The summed E-state index contributed by atoms with van der Waals surface area (Å²) in [7, 11) is 0. The largest absolute Gasteiger partial charge is 0.0742 e. The van der Waals surface area contributed by atoms with Gasteiger partial charge in [-0.2, -0.15) is 0 Å². The third kappa shape index (κ3) is 5.99. The van der Waals surface area contributed by atoms with Crippen molar-refractivity contribution < 1.29 is 0 Å². The van der Waals surface area contributed by atoms with E-state index in [9.17, 15) is 0 Å². The summed E-state index contributed by atoms with van der Waals surface area (Å²) in [6.45, 7) is 0.540. The Morgan fingerprint density at radius 2 is 0.867 bits per heavy atom. The van der Waals surface area contributed by atoms with E-state index >= 15 is 0 Å². The van der Waals surface area contributed by atoms with Crippen molar-refractivity contribution in [2.24, 2.45) is 0 Å². The molecule has 1 heteroatoms. The minimum absolute atomic E-state index is 1.18. The molecule has 158 valence electrons. The van der Waals surface area contributed by atoms with Gasteiger partial charge in [0.25, 0.3) is 0 Å². The van der Waals surface area contributed by atoms with E-state index in [2.05, 4.69) is 104 Å². The zero-order chi connectivity index (χ0) is 20.9. The molecule has 3 aromatic carbocycles. The lowest BCUT2D eigenvalue weighted by molar-refractivity contribution is 0.581. The van der Waals surface area contributed by atoms with Gasteiger partial charge in [0.05, 0.1) is 0 Å². The number of benzene rings is 3. The topological polar surface area (TPSA) is 0 Å². The van der Waals surface area contributed by atoms with Crippen molar-refractivity contribution in [3.63, 3.8) is 0 Å². The van der Waals surface area contributed by atoms with Crippen molar-refractivity contribution in [3.8, 4) is 0 Å². The molecule has 0 unspecified atom stereocenters. The first kappa shape index (κ1) is 22.6. The molecule has 0 radical (unpaired) electrons. The maximum atomic E-state index is 2.68. The van der Waals surface area contributed by atoms with Gasteiger partial charge in [-0.3, -0.25) is 0 Å². The van der Waals surface area contributed by atoms with Gasteiger partial charge in [-0.25, -0.2) is 0 Å². The second-order valence-electron chi connectivity index (χ2n) is 8.18. The minimum Gasteiger partial charge on any atom is -0.0742 e. The molecule has 0 atom stereocenters. The van der Waals surface area contributed by atoms with Crippen molar-refractivity contribution in [2.45, 2.75) is 64.7 Å². The van der Waals surface area contributed by atoms with Crippen molar-refractivity contribution in [2.75, 3.05) is 0 Å². The van der Waals surface area contributed by atoms with Crippen LogP contribution < -0.4 is 15.9 Å². The summed E-state index contributed by atoms with van der Waals surface area (Å²) in [5.41, 5.74) is 0. The van der Waals surface area contributed by atoms with Crippen LogP contribution in [0.2, 0.25) is 0 Å². The summed E-state index contributed by atoms with van der Waals surface area (Å²) in [5.74, 6) is 2.68. The van der Waals surface area contributed by atoms with Crippen LogP contribution in [0.1, 0.15) is 64.7 Å². The fourth-order valence-electron chi connectivity index (χ4n) is 4.32. The molecule has 0 saturated heterocycles. The molecule has 3 rings (SSSR count). The third-order valence-corrected chi connectivity index (χ3v) is 10.1. The highest BCUT2D eigenvalue weighted by Crippen LogP contribution is 2.44. The average Bonchev–Trinajstić information content (AvgIpc) is 2.82. The molecule has 0 amide bonds. The summed E-state index contributed by atoms with van der Waals surface area (Å²) >= 11 is 0. The van der Waals surface area contributed by atoms with Crippen LogP contribution in [-0.2, 0) is 0 Å². The van der Waals surface area contributed by atoms with Crippen LogP contribution in [0, 0.1) is 0 Å². The Morgan fingerprint density at radius 3 is 1.27 bits per heavy atom. The summed E-state index contributed by atoms with van der Waals surface area (Å²) in [6.07, 6.45) is 12.1. The van der Waals surface area contributed by atoms with Gasteiger partial charge in [0.2, 0.25) is 0 Å². The lowest BCUT2D eigenvalue weighted by atomic mass is 10.1. The molecule has 0 bridgehead atoms. The van der Waals surface area contributed by atoms with Gasteiger partial charge in [0.1, 0.15) is 0 Å². The molecular formula is C29H37P. The Morgan fingerprint density at radius 1 is 0.500 bits per heavy atom. The highest BCUT2D eigenvalue weighted by atomic mass is 31.2. The Balaban J connectivity index is 1.85. The normalized spacial score (nSPS) is 11.4. The summed E-state index contributed by atoms with van der Waals surface area (Å²) in [6, 6.07) is 33.6. The Labute approximate surface area is 184 Å². The van der Waals surface area contributed by atoms with Gasteiger partial charge < -0.3 is 0 Å². The van der Waals surface area contributed by atoms with E-state index in [4.69, 9.17) is 0 Å². The van der Waals surface area contributed by atoms with Crippen molar-refractivity contribution in [3.05, 3.63) is 91.0 Å². The van der Waals surface area contributed by atoms with Crippen molar-refractivity contribution >= 4 is 28.6 Å². The standard InChI is InChI=1S/C29H37P/c1-2-3-4-5-6-7-8-9-19-26-30(27-20-13-10-14-21-27,28-22-15-11-16-23-28)29-24-17-12-18-25-29/h10-18,20-26H,2-9,19H2,1H3. The van der Waals surface area contributed by atoms with Crippen molar-refractivity contribution in [1.82, 2.24) is 0 Å². The molecular weight excluding hydrogens is 379 g/mol. The molecule has 0 fully saturated rings. The van der Waals surface area contributed by atoms with Crippen LogP contribution in [0.25, 0.3) is 0 Å². The first-order valence-electron chi connectivity index (χ1n) is 11.8. The molecule has 0 spiro atoms. The second-order valence-corrected chi connectivity index (χ2v) is 11.5. The van der Waals surface area contributed by atoms with E-state index in [1.54, 1.807) is 0 Å². The van der Waals surface area contributed by atoms with Gasteiger partial charge >= 0.3 is 0 Å². The zero-order valence-electron chi connectivity index (χ0n) is 18.5. The molecule has 3 aromatic rings. The SMILES string of the molecule is CCCCCCCCCCC=P(c1ccccc1)(c1ccccc1)c1ccccc1. The van der Waals surface area contributed by atoms with Gasteiger partial charge in [-0.05, 0) is 35.6 Å². The fraction of sp³-hybridized carbons (Fsp3) is 0.345. The van der Waals surface area contributed by atoms with Crippen LogP contribution in [0.4, 0.5) is 0 Å². The Bertz CT molecular complexity index is 778. The molecule has 30 heavy (non-hydrogen) atoms. The Hall–Kier alpha value is -2.04. The van der Waals surface area contributed by atoms with Gasteiger partial charge in [-0.15, -0.1) is 0 Å². The van der Waals surface area contributed by atoms with E-state index in [1.807, 2.05) is 0 Å². The van der Waals surface area contributed by atoms with E-state index in [1.165, 1.54) is 73.7 Å². The molecule has 0 heterocycles. The quantitative estimate of drug-likeness (QED) is 0.214. The highest BCUT2D eigenvalue weighted by molar-refractivity contribution is 7.94. The predicted octanol–water partition coefficient (Wildman–Crippen LogP) is 7.31. The maximum Gasteiger partial charge on any atom is -0.0163 e.